The summed E-state index contributed by atoms with van der Waals surface area (Å²) in [5.41, 5.74) is 0. The van der Waals surface area contributed by atoms with E-state index in [0.717, 1.165) is 0 Å². The van der Waals surface area contributed by atoms with Gasteiger partial charge in [0.2, 0.25) is 0 Å². The summed E-state index contributed by atoms with van der Waals surface area (Å²) in [5, 5.41) is 0.634. The molecular formula is C14H9ClO2. The van der Waals surface area contributed by atoms with Crippen LogP contribution < -0.4 is 9.47 Å². The molecule has 0 aliphatic heterocycles. The molecule has 0 fully saturated rings. The zero-order valence-electron chi connectivity index (χ0n) is 8.89. The molecule has 0 amide bonds. The first-order chi connectivity index (χ1) is 8.28. The zero-order valence-corrected chi connectivity index (χ0v) is 9.65. The Morgan fingerprint density at radius 2 is 1.65 bits per heavy atom. The molecule has 0 bridgehead atoms. The van der Waals surface area contributed by atoms with E-state index in [4.69, 9.17) is 27.5 Å². The molecule has 0 saturated heterocycles. The molecule has 0 atom stereocenters. The topological polar surface area (TPSA) is 18.5 Å². The Balaban J connectivity index is 2.11. The van der Waals surface area contributed by atoms with E-state index in [1.807, 2.05) is 12.1 Å². The summed E-state index contributed by atoms with van der Waals surface area (Å²) in [6, 6.07) is 14.2. The summed E-state index contributed by atoms with van der Waals surface area (Å²) in [5.74, 6) is 1.98. The summed E-state index contributed by atoms with van der Waals surface area (Å²) in [6.45, 7) is 0. The van der Waals surface area contributed by atoms with Crippen molar-refractivity contribution in [2.45, 2.75) is 0 Å². The van der Waals surface area contributed by atoms with Gasteiger partial charge in [-0.3, -0.25) is 0 Å². The monoisotopic (exact) mass is 244 g/mol. The maximum atomic E-state index is 5.86. The molecule has 0 aromatic heterocycles. The van der Waals surface area contributed by atoms with E-state index >= 15 is 0 Å². The normalized spacial score (nSPS) is 9.41. The minimum Gasteiger partial charge on any atom is -0.457 e. The van der Waals surface area contributed by atoms with Crippen LogP contribution >= 0.6 is 11.6 Å². The second-order valence-electron chi connectivity index (χ2n) is 3.25. The van der Waals surface area contributed by atoms with Gasteiger partial charge in [0.1, 0.15) is 23.4 Å². The lowest BCUT2D eigenvalue weighted by Gasteiger charge is -2.06. The Bertz CT molecular complexity index is 541. The zero-order chi connectivity index (χ0) is 12.1. The van der Waals surface area contributed by atoms with E-state index in [2.05, 4.69) is 6.11 Å². The molecule has 84 valence electrons. The maximum Gasteiger partial charge on any atom is 0.140 e. The van der Waals surface area contributed by atoms with Crippen molar-refractivity contribution in [2.75, 3.05) is 0 Å². The van der Waals surface area contributed by atoms with Gasteiger partial charge in [-0.1, -0.05) is 24.1 Å². The molecule has 0 saturated carbocycles. The molecule has 2 rings (SSSR count). The van der Waals surface area contributed by atoms with Crippen LogP contribution in [-0.2, 0) is 0 Å². The van der Waals surface area contributed by atoms with Crippen LogP contribution in [0.25, 0.3) is 0 Å². The number of rotatable bonds is 3. The SMILES string of the molecule is C#COc1ccc(Oc2cccc(Cl)c2)cc1. The average molecular weight is 245 g/mol. The van der Waals surface area contributed by atoms with Crippen molar-refractivity contribution in [1.29, 1.82) is 0 Å². The molecule has 0 aliphatic rings. The van der Waals surface area contributed by atoms with Gasteiger partial charge in [0, 0.05) is 5.02 Å². The van der Waals surface area contributed by atoms with Gasteiger partial charge >= 0.3 is 0 Å². The minimum atomic E-state index is 0.603. The van der Waals surface area contributed by atoms with Gasteiger partial charge in [0.15, 0.2) is 0 Å². The Morgan fingerprint density at radius 3 is 2.29 bits per heavy atom. The molecule has 0 radical (unpaired) electrons. The third-order valence-corrected chi connectivity index (χ3v) is 2.27. The van der Waals surface area contributed by atoms with Gasteiger partial charge in [-0.2, -0.15) is 0 Å². The summed E-state index contributed by atoms with van der Waals surface area (Å²) in [4.78, 5) is 0. The Hall–Kier alpha value is -2.11. The third kappa shape index (κ3) is 3.17. The predicted octanol–water partition coefficient (Wildman–Crippen LogP) is 4.10. The highest BCUT2D eigenvalue weighted by Gasteiger charge is 1.98. The van der Waals surface area contributed by atoms with Crippen molar-refractivity contribution in [3.05, 3.63) is 53.6 Å². The number of benzene rings is 2. The highest BCUT2D eigenvalue weighted by Crippen LogP contribution is 2.25. The first-order valence-corrected chi connectivity index (χ1v) is 5.31. The van der Waals surface area contributed by atoms with E-state index < -0.39 is 0 Å². The largest absolute Gasteiger partial charge is 0.457 e. The Labute approximate surface area is 105 Å². The quantitative estimate of drug-likeness (QED) is 0.757. The summed E-state index contributed by atoms with van der Waals surface area (Å²) >= 11 is 5.86. The standard InChI is InChI=1S/C14H9ClO2/c1-2-16-12-6-8-13(9-7-12)17-14-5-3-4-11(15)10-14/h1,3-10H. The van der Waals surface area contributed by atoms with E-state index in [-0.39, 0.29) is 0 Å². The summed E-state index contributed by atoms with van der Waals surface area (Å²) in [7, 11) is 0. The highest BCUT2D eigenvalue weighted by atomic mass is 35.5. The number of halogens is 1. The molecule has 0 heterocycles. The smallest absolute Gasteiger partial charge is 0.140 e. The second-order valence-corrected chi connectivity index (χ2v) is 3.69. The number of hydrogen-bond donors (Lipinski definition) is 0. The Kier molecular flexibility index (Phi) is 3.54. The molecule has 0 aliphatic carbocycles. The van der Waals surface area contributed by atoms with Gasteiger partial charge < -0.3 is 9.47 Å². The lowest BCUT2D eigenvalue weighted by Crippen LogP contribution is -1.85. The predicted molar refractivity (Wildman–Crippen MR) is 67.4 cm³/mol. The summed E-state index contributed by atoms with van der Waals surface area (Å²) in [6.07, 6.45) is 7.12. The molecule has 0 unspecified atom stereocenters. The van der Waals surface area contributed by atoms with E-state index in [9.17, 15) is 0 Å². The fourth-order valence-electron chi connectivity index (χ4n) is 1.31. The van der Waals surface area contributed by atoms with E-state index in [0.29, 0.717) is 22.3 Å². The van der Waals surface area contributed by atoms with Crippen LogP contribution in [0, 0.1) is 12.5 Å². The lowest BCUT2D eigenvalue weighted by atomic mass is 10.3. The third-order valence-electron chi connectivity index (χ3n) is 2.03. The van der Waals surface area contributed by atoms with Crippen LogP contribution in [0.5, 0.6) is 17.2 Å². The Morgan fingerprint density at radius 1 is 0.941 bits per heavy atom. The molecule has 0 spiro atoms. The number of hydrogen-bond acceptors (Lipinski definition) is 2. The number of terminal acetylenes is 1. The fourth-order valence-corrected chi connectivity index (χ4v) is 1.49. The van der Waals surface area contributed by atoms with Gasteiger partial charge in [0.25, 0.3) is 0 Å². The van der Waals surface area contributed by atoms with Crippen molar-refractivity contribution >= 4 is 11.6 Å². The molecule has 3 heteroatoms. The highest BCUT2D eigenvalue weighted by molar-refractivity contribution is 6.30. The molecule has 2 aromatic carbocycles. The second kappa shape index (κ2) is 5.29. The van der Waals surface area contributed by atoms with Crippen LogP contribution in [0.4, 0.5) is 0 Å². The molecular weight excluding hydrogens is 236 g/mol. The van der Waals surface area contributed by atoms with Crippen LogP contribution in [0.15, 0.2) is 48.5 Å². The first kappa shape index (κ1) is 11.4. The van der Waals surface area contributed by atoms with Gasteiger partial charge in [-0.05, 0) is 42.5 Å². The van der Waals surface area contributed by atoms with Gasteiger partial charge in [-0.25, -0.2) is 0 Å². The van der Waals surface area contributed by atoms with Crippen molar-refractivity contribution in [2.24, 2.45) is 0 Å². The van der Waals surface area contributed by atoms with Gasteiger partial charge in [-0.15, -0.1) is 0 Å². The van der Waals surface area contributed by atoms with E-state index in [1.165, 1.54) is 0 Å². The molecule has 2 aromatic rings. The van der Waals surface area contributed by atoms with Gasteiger partial charge in [0.05, 0.1) is 0 Å². The average Bonchev–Trinajstić information content (AvgIpc) is 2.32. The molecule has 0 N–H and O–H groups in total. The molecule has 17 heavy (non-hydrogen) atoms. The summed E-state index contributed by atoms with van der Waals surface area (Å²) < 4.78 is 10.5. The van der Waals surface area contributed by atoms with Crippen molar-refractivity contribution < 1.29 is 9.47 Å². The minimum absolute atomic E-state index is 0.603. The van der Waals surface area contributed by atoms with Crippen LogP contribution in [0.1, 0.15) is 0 Å². The first-order valence-electron chi connectivity index (χ1n) is 4.94. The number of ether oxygens (including phenoxy) is 2. The maximum absolute atomic E-state index is 5.86. The fraction of sp³-hybridized carbons (Fsp3) is 0. The van der Waals surface area contributed by atoms with Crippen LogP contribution in [-0.4, -0.2) is 0 Å². The van der Waals surface area contributed by atoms with Crippen molar-refractivity contribution in [1.82, 2.24) is 0 Å². The van der Waals surface area contributed by atoms with Crippen LogP contribution in [0.2, 0.25) is 5.02 Å². The lowest BCUT2D eigenvalue weighted by molar-refractivity contribution is 0.478. The van der Waals surface area contributed by atoms with Crippen molar-refractivity contribution in [3.63, 3.8) is 0 Å². The molecule has 2 nitrogen and oxygen atoms in total. The van der Waals surface area contributed by atoms with E-state index in [1.54, 1.807) is 36.4 Å². The van der Waals surface area contributed by atoms with Crippen molar-refractivity contribution in [3.8, 4) is 29.8 Å². The van der Waals surface area contributed by atoms with Crippen LogP contribution in [0.3, 0.4) is 0 Å².